The second-order valence-corrected chi connectivity index (χ2v) is 9.03. The van der Waals surface area contributed by atoms with E-state index in [-0.39, 0.29) is 11.5 Å². The summed E-state index contributed by atoms with van der Waals surface area (Å²) in [6.45, 7) is 2.30. The van der Waals surface area contributed by atoms with Crippen LogP contribution >= 0.6 is 0 Å². The van der Waals surface area contributed by atoms with E-state index in [9.17, 15) is 14.7 Å². The van der Waals surface area contributed by atoms with Crippen molar-refractivity contribution < 1.29 is 24.2 Å². The number of hydrogen-bond acceptors (Lipinski definition) is 5. The number of methoxy groups -OCH3 is 1. The Morgan fingerprint density at radius 2 is 1.76 bits per heavy atom. The molecular formula is C31H28N2O5. The molecule has 4 aromatic carbocycles. The largest absolute Gasteiger partial charge is 0.497 e. The SMILES string of the molecule is COc1cccc(CNC(=O)c2ccc3c(c2)OCCN3Cc2ccc(-c3ccccc3C(=O)O)cc2)c1. The van der Waals surface area contributed by atoms with E-state index < -0.39 is 5.97 Å². The highest BCUT2D eigenvalue weighted by Crippen LogP contribution is 2.34. The Kier molecular flexibility index (Phi) is 7.26. The highest BCUT2D eigenvalue weighted by molar-refractivity contribution is 5.96. The molecule has 192 valence electrons. The molecule has 1 amide bonds. The molecule has 0 spiro atoms. The molecule has 38 heavy (non-hydrogen) atoms. The van der Waals surface area contributed by atoms with E-state index in [4.69, 9.17) is 9.47 Å². The minimum absolute atomic E-state index is 0.173. The molecule has 0 atom stereocenters. The summed E-state index contributed by atoms with van der Waals surface area (Å²) in [5.74, 6) is 0.313. The van der Waals surface area contributed by atoms with Gasteiger partial charge in [-0.05, 0) is 58.7 Å². The second-order valence-electron chi connectivity index (χ2n) is 9.03. The van der Waals surface area contributed by atoms with Gasteiger partial charge in [-0.3, -0.25) is 4.79 Å². The first kappa shape index (κ1) is 24.9. The molecule has 4 aromatic rings. The summed E-state index contributed by atoms with van der Waals surface area (Å²) in [6.07, 6.45) is 0. The van der Waals surface area contributed by atoms with Crippen molar-refractivity contribution in [2.75, 3.05) is 25.2 Å². The summed E-state index contributed by atoms with van der Waals surface area (Å²) in [5.41, 5.74) is 5.35. The van der Waals surface area contributed by atoms with Crippen molar-refractivity contribution in [2.45, 2.75) is 13.1 Å². The van der Waals surface area contributed by atoms with Gasteiger partial charge in [0.1, 0.15) is 18.1 Å². The maximum absolute atomic E-state index is 12.8. The first-order chi connectivity index (χ1) is 18.5. The monoisotopic (exact) mass is 508 g/mol. The van der Waals surface area contributed by atoms with Crippen molar-refractivity contribution in [1.82, 2.24) is 5.32 Å². The molecule has 2 N–H and O–H groups in total. The van der Waals surface area contributed by atoms with Gasteiger partial charge < -0.3 is 24.8 Å². The number of carboxylic acids is 1. The standard InChI is InChI=1S/C31H28N2O5/c1-37-25-6-4-5-22(17-25)19-32-30(34)24-13-14-28-29(18-24)38-16-15-33(28)20-21-9-11-23(12-10-21)26-7-2-3-8-27(26)31(35)36/h2-14,17-18H,15-16,19-20H2,1H3,(H,32,34)(H,35,36). The average molecular weight is 509 g/mol. The number of nitrogens with one attached hydrogen (secondary N) is 1. The number of carbonyl (C=O) groups excluding carboxylic acids is 1. The predicted molar refractivity (Wildman–Crippen MR) is 146 cm³/mol. The van der Waals surface area contributed by atoms with Crippen LogP contribution in [-0.4, -0.2) is 37.2 Å². The number of rotatable bonds is 8. The summed E-state index contributed by atoms with van der Waals surface area (Å²) in [4.78, 5) is 26.6. The van der Waals surface area contributed by atoms with Crippen LogP contribution < -0.4 is 19.7 Å². The zero-order chi connectivity index (χ0) is 26.5. The van der Waals surface area contributed by atoms with Gasteiger partial charge in [-0.1, -0.05) is 54.6 Å². The molecule has 1 aliphatic rings. The van der Waals surface area contributed by atoms with Crippen molar-refractivity contribution in [3.63, 3.8) is 0 Å². The van der Waals surface area contributed by atoms with Gasteiger partial charge in [0.25, 0.3) is 5.91 Å². The van der Waals surface area contributed by atoms with Crippen molar-refractivity contribution in [3.05, 3.63) is 113 Å². The lowest BCUT2D eigenvalue weighted by Gasteiger charge is -2.31. The third kappa shape index (κ3) is 5.47. The van der Waals surface area contributed by atoms with E-state index in [2.05, 4.69) is 10.2 Å². The number of carboxylic acid groups (broad SMARTS) is 1. The third-order valence-electron chi connectivity index (χ3n) is 6.56. The fraction of sp³-hybridized carbons (Fsp3) is 0.161. The molecule has 0 unspecified atom stereocenters. The number of benzene rings is 4. The van der Waals surface area contributed by atoms with Gasteiger partial charge in [0.2, 0.25) is 0 Å². The molecule has 7 nitrogen and oxygen atoms in total. The molecule has 0 saturated carbocycles. The Morgan fingerprint density at radius 3 is 2.55 bits per heavy atom. The number of aromatic carboxylic acids is 1. The molecule has 0 saturated heterocycles. The van der Waals surface area contributed by atoms with Gasteiger partial charge in [-0.25, -0.2) is 4.79 Å². The van der Waals surface area contributed by atoms with E-state index in [0.717, 1.165) is 34.7 Å². The summed E-state index contributed by atoms with van der Waals surface area (Å²) < 4.78 is 11.1. The van der Waals surface area contributed by atoms with E-state index >= 15 is 0 Å². The number of fused-ring (bicyclic) bond motifs is 1. The van der Waals surface area contributed by atoms with Gasteiger partial charge in [0, 0.05) is 18.7 Å². The second kappa shape index (κ2) is 11.1. The van der Waals surface area contributed by atoms with Crippen LogP contribution in [-0.2, 0) is 13.1 Å². The van der Waals surface area contributed by atoms with Crippen LogP contribution in [0.25, 0.3) is 11.1 Å². The number of carbonyl (C=O) groups is 2. The zero-order valence-corrected chi connectivity index (χ0v) is 21.0. The Labute approximate surface area is 221 Å². The number of amides is 1. The van der Waals surface area contributed by atoms with E-state index in [0.29, 0.717) is 36.6 Å². The van der Waals surface area contributed by atoms with Crippen LogP contribution in [0.5, 0.6) is 11.5 Å². The molecule has 0 bridgehead atoms. The molecule has 5 rings (SSSR count). The summed E-state index contributed by atoms with van der Waals surface area (Å²) in [7, 11) is 1.62. The molecule has 0 radical (unpaired) electrons. The van der Waals surface area contributed by atoms with Gasteiger partial charge in [0.15, 0.2) is 0 Å². The molecule has 7 heteroatoms. The molecule has 0 aromatic heterocycles. The van der Waals surface area contributed by atoms with Gasteiger partial charge in [-0.2, -0.15) is 0 Å². The van der Waals surface area contributed by atoms with E-state index in [1.807, 2.05) is 72.8 Å². The maximum atomic E-state index is 12.8. The average Bonchev–Trinajstić information content (AvgIpc) is 2.96. The molecule has 1 heterocycles. The highest BCUT2D eigenvalue weighted by Gasteiger charge is 2.20. The lowest BCUT2D eigenvalue weighted by atomic mass is 9.98. The van der Waals surface area contributed by atoms with Crippen molar-refractivity contribution in [2.24, 2.45) is 0 Å². The van der Waals surface area contributed by atoms with Crippen LogP contribution in [0.3, 0.4) is 0 Å². The number of ether oxygens (including phenoxy) is 2. The first-order valence-corrected chi connectivity index (χ1v) is 12.4. The van der Waals surface area contributed by atoms with Crippen molar-refractivity contribution >= 4 is 17.6 Å². The number of hydrogen-bond donors (Lipinski definition) is 2. The third-order valence-corrected chi connectivity index (χ3v) is 6.56. The summed E-state index contributed by atoms with van der Waals surface area (Å²) >= 11 is 0. The molecule has 1 aliphatic heterocycles. The molecule has 0 aliphatic carbocycles. The Balaban J connectivity index is 1.27. The smallest absolute Gasteiger partial charge is 0.336 e. The van der Waals surface area contributed by atoms with Gasteiger partial charge >= 0.3 is 5.97 Å². The fourth-order valence-corrected chi connectivity index (χ4v) is 4.58. The normalized spacial score (nSPS) is 12.3. The fourth-order valence-electron chi connectivity index (χ4n) is 4.58. The highest BCUT2D eigenvalue weighted by atomic mass is 16.5. The van der Waals surface area contributed by atoms with Crippen molar-refractivity contribution in [1.29, 1.82) is 0 Å². The molecular weight excluding hydrogens is 480 g/mol. The van der Waals surface area contributed by atoms with E-state index in [1.54, 1.807) is 25.3 Å². The maximum Gasteiger partial charge on any atom is 0.336 e. The zero-order valence-electron chi connectivity index (χ0n) is 21.0. The van der Waals surface area contributed by atoms with Crippen LogP contribution in [0.2, 0.25) is 0 Å². The van der Waals surface area contributed by atoms with Gasteiger partial charge in [-0.15, -0.1) is 0 Å². The lowest BCUT2D eigenvalue weighted by molar-refractivity contribution is 0.0697. The summed E-state index contributed by atoms with van der Waals surface area (Å²) in [5, 5.41) is 12.5. The van der Waals surface area contributed by atoms with E-state index in [1.165, 1.54) is 0 Å². The van der Waals surface area contributed by atoms with Crippen molar-refractivity contribution in [3.8, 4) is 22.6 Å². The summed E-state index contributed by atoms with van der Waals surface area (Å²) in [6, 6.07) is 28.1. The number of nitrogens with zero attached hydrogens (tertiary/aromatic N) is 1. The van der Waals surface area contributed by atoms with Crippen LogP contribution in [0.15, 0.2) is 91.0 Å². The van der Waals surface area contributed by atoms with Crippen LogP contribution in [0.1, 0.15) is 31.8 Å². The topological polar surface area (TPSA) is 88.1 Å². The van der Waals surface area contributed by atoms with Gasteiger partial charge in [0.05, 0.1) is 24.9 Å². The Morgan fingerprint density at radius 1 is 0.947 bits per heavy atom. The number of anilines is 1. The Hall–Kier alpha value is -4.78. The Bertz CT molecular complexity index is 1470. The first-order valence-electron chi connectivity index (χ1n) is 12.4. The van der Waals surface area contributed by atoms with Crippen LogP contribution in [0, 0.1) is 0 Å². The predicted octanol–water partition coefficient (Wildman–Crippen LogP) is 5.39. The minimum Gasteiger partial charge on any atom is -0.497 e. The minimum atomic E-state index is -0.942. The van der Waals surface area contributed by atoms with Crippen LogP contribution in [0.4, 0.5) is 5.69 Å². The molecule has 0 fully saturated rings. The quantitative estimate of drug-likeness (QED) is 0.332. The lowest BCUT2D eigenvalue weighted by Crippen LogP contribution is -2.32.